The summed E-state index contributed by atoms with van der Waals surface area (Å²) in [4.78, 5) is 4.30. The van der Waals surface area contributed by atoms with Gasteiger partial charge in [-0.3, -0.25) is 4.98 Å². The molecule has 0 aliphatic heterocycles. The maximum absolute atomic E-state index is 13.6. The molecule has 0 radical (unpaired) electrons. The average Bonchev–Trinajstić information content (AvgIpc) is 2.45. The van der Waals surface area contributed by atoms with Gasteiger partial charge in [-0.05, 0) is 13.0 Å². The Morgan fingerprint density at radius 2 is 2.00 bits per heavy atom. The molecule has 0 bridgehead atoms. The number of aromatic nitrogens is 1. The summed E-state index contributed by atoms with van der Waals surface area (Å²) in [6.45, 7) is 6.97. The number of pyridine rings is 1. The molecule has 0 saturated carbocycles. The molecule has 0 atom stereocenters. The van der Waals surface area contributed by atoms with Crippen LogP contribution in [0.25, 0.3) is 0 Å². The lowest BCUT2D eigenvalue weighted by Gasteiger charge is -2.14. The lowest BCUT2D eigenvalue weighted by atomic mass is 10.2. The predicted molar refractivity (Wildman–Crippen MR) is 81.7 cm³/mol. The molecule has 1 aromatic heterocycles. The second kappa shape index (κ2) is 7.18. The van der Waals surface area contributed by atoms with Gasteiger partial charge < -0.3 is 10.1 Å². The molecular weight excluding hydrogens is 267 g/mol. The van der Waals surface area contributed by atoms with Crippen LogP contribution < -0.4 is 10.1 Å². The van der Waals surface area contributed by atoms with Crippen LogP contribution in [0, 0.1) is 12.7 Å². The van der Waals surface area contributed by atoms with Crippen LogP contribution in [0.2, 0.25) is 0 Å². The van der Waals surface area contributed by atoms with Crippen molar-refractivity contribution >= 4 is 0 Å². The van der Waals surface area contributed by atoms with Crippen molar-refractivity contribution < 1.29 is 9.13 Å². The Morgan fingerprint density at radius 3 is 2.71 bits per heavy atom. The number of benzene rings is 1. The Bertz CT molecular complexity index is 599. The van der Waals surface area contributed by atoms with E-state index in [9.17, 15) is 4.39 Å². The van der Waals surface area contributed by atoms with Gasteiger partial charge in [0.2, 0.25) is 0 Å². The van der Waals surface area contributed by atoms with Crippen molar-refractivity contribution in [1.29, 1.82) is 0 Å². The molecular formula is C17H21FN2O. The summed E-state index contributed by atoms with van der Waals surface area (Å²) in [7, 11) is 0. The summed E-state index contributed by atoms with van der Waals surface area (Å²) in [5, 5.41) is 3.34. The minimum Gasteiger partial charge on any atom is -0.488 e. The molecule has 1 N–H and O–H groups in total. The highest BCUT2D eigenvalue weighted by Crippen LogP contribution is 2.20. The monoisotopic (exact) mass is 288 g/mol. The lowest BCUT2D eigenvalue weighted by molar-refractivity contribution is 0.295. The van der Waals surface area contributed by atoms with Crippen molar-refractivity contribution in [2.45, 2.75) is 40.0 Å². The topological polar surface area (TPSA) is 34.1 Å². The van der Waals surface area contributed by atoms with Gasteiger partial charge in [0.05, 0.1) is 0 Å². The number of aryl methyl sites for hydroxylation is 1. The average molecular weight is 288 g/mol. The molecule has 2 aromatic rings. The van der Waals surface area contributed by atoms with E-state index < -0.39 is 0 Å². The van der Waals surface area contributed by atoms with Crippen molar-refractivity contribution in [3.05, 3.63) is 59.2 Å². The Hall–Kier alpha value is -1.94. The smallest absolute Gasteiger partial charge is 0.129 e. The van der Waals surface area contributed by atoms with E-state index in [-0.39, 0.29) is 12.4 Å². The summed E-state index contributed by atoms with van der Waals surface area (Å²) < 4.78 is 19.4. The fourth-order valence-electron chi connectivity index (χ4n) is 1.92. The molecule has 0 spiro atoms. The van der Waals surface area contributed by atoms with E-state index in [0.29, 0.717) is 18.2 Å². The van der Waals surface area contributed by atoms with Gasteiger partial charge in [-0.15, -0.1) is 0 Å². The summed E-state index contributed by atoms with van der Waals surface area (Å²) >= 11 is 0. The van der Waals surface area contributed by atoms with Crippen LogP contribution >= 0.6 is 0 Å². The molecule has 4 heteroatoms. The first-order valence-corrected chi connectivity index (χ1v) is 7.11. The Kier molecular flexibility index (Phi) is 5.28. The van der Waals surface area contributed by atoms with Gasteiger partial charge in [-0.1, -0.05) is 32.0 Å². The SMILES string of the molecule is Cc1cc(OCc2ccccc2F)c(CNC(C)C)cn1. The third kappa shape index (κ3) is 4.53. The van der Waals surface area contributed by atoms with Crippen LogP contribution in [0.5, 0.6) is 5.75 Å². The Labute approximate surface area is 125 Å². The van der Waals surface area contributed by atoms with E-state index in [2.05, 4.69) is 24.1 Å². The highest BCUT2D eigenvalue weighted by molar-refractivity contribution is 5.33. The normalized spacial score (nSPS) is 10.9. The van der Waals surface area contributed by atoms with Gasteiger partial charge in [0.1, 0.15) is 18.2 Å². The van der Waals surface area contributed by atoms with Crippen molar-refractivity contribution in [1.82, 2.24) is 10.3 Å². The molecule has 21 heavy (non-hydrogen) atoms. The molecule has 1 heterocycles. The fraction of sp³-hybridized carbons (Fsp3) is 0.353. The third-order valence-corrected chi connectivity index (χ3v) is 3.12. The van der Waals surface area contributed by atoms with Crippen LogP contribution in [0.4, 0.5) is 4.39 Å². The van der Waals surface area contributed by atoms with Crippen molar-refractivity contribution in [2.24, 2.45) is 0 Å². The van der Waals surface area contributed by atoms with Gasteiger partial charge in [0, 0.05) is 41.7 Å². The van der Waals surface area contributed by atoms with E-state index in [0.717, 1.165) is 17.0 Å². The fourth-order valence-corrected chi connectivity index (χ4v) is 1.92. The molecule has 0 aliphatic carbocycles. The van der Waals surface area contributed by atoms with E-state index >= 15 is 0 Å². The molecule has 0 saturated heterocycles. The highest BCUT2D eigenvalue weighted by Gasteiger charge is 2.08. The highest BCUT2D eigenvalue weighted by atomic mass is 19.1. The predicted octanol–water partition coefficient (Wildman–Crippen LogP) is 3.61. The van der Waals surface area contributed by atoms with Crippen molar-refractivity contribution in [2.75, 3.05) is 0 Å². The van der Waals surface area contributed by atoms with E-state index in [1.54, 1.807) is 24.4 Å². The minimum atomic E-state index is -0.245. The third-order valence-electron chi connectivity index (χ3n) is 3.12. The largest absolute Gasteiger partial charge is 0.488 e. The van der Waals surface area contributed by atoms with Gasteiger partial charge in [-0.2, -0.15) is 0 Å². The summed E-state index contributed by atoms with van der Waals surface area (Å²) in [6, 6.07) is 8.92. The van der Waals surface area contributed by atoms with Crippen LogP contribution in [-0.2, 0) is 13.2 Å². The summed E-state index contributed by atoms with van der Waals surface area (Å²) in [6.07, 6.45) is 1.81. The minimum absolute atomic E-state index is 0.213. The van der Waals surface area contributed by atoms with Crippen LogP contribution in [-0.4, -0.2) is 11.0 Å². The number of nitrogens with one attached hydrogen (secondary N) is 1. The Balaban J connectivity index is 2.11. The molecule has 0 fully saturated rings. The zero-order valence-electron chi connectivity index (χ0n) is 12.7. The summed E-state index contributed by atoms with van der Waals surface area (Å²) in [5.74, 6) is 0.504. The number of hydrogen-bond acceptors (Lipinski definition) is 3. The first kappa shape index (κ1) is 15.4. The number of rotatable bonds is 6. The van der Waals surface area contributed by atoms with Gasteiger partial charge in [0.25, 0.3) is 0 Å². The molecule has 1 aromatic carbocycles. The van der Waals surface area contributed by atoms with Crippen LogP contribution in [0.3, 0.4) is 0 Å². The number of halogens is 1. The zero-order chi connectivity index (χ0) is 15.2. The second-order valence-electron chi connectivity index (χ2n) is 5.35. The molecule has 2 rings (SSSR count). The molecule has 0 amide bonds. The van der Waals surface area contributed by atoms with E-state index in [1.165, 1.54) is 6.07 Å². The van der Waals surface area contributed by atoms with Crippen LogP contribution in [0.1, 0.15) is 30.7 Å². The number of ether oxygens (including phenoxy) is 1. The lowest BCUT2D eigenvalue weighted by Crippen LogP contribution is -2.22. The van der Waals surface area contributed by atoms with Gasteiger partial charge in [-0.25, -0.2) is 4.39 Å². The molecule has 112 valence electrons. The quantitative estimate of drug-likeness (QED) is 0.881. The maximum atomic E-state index is 13.6. The zero-order valence-corrected chi connectivity index (χ0v) is 12.7. The van der Waals surface area contributed by atoms with Crippen LogP contribution in [0.15, 0.2) is 36.5 Å². The number of nitrogens with zero attached hydrogens (tertiary/aromatic N) is 1. The standard InChI is InChI=1S/C17H21FN2O/c1-12(2)19-9-15-10-20-13(3)8-17(15)21-11-14-6-4-5-7-16(14)18/h4-8,10,12,19H,9,11H2,1-3H3. The van der Waals surface area contributed by atoms with Crippen molar-refractivity contribution in [3.8, 4) is 5.75 Å². The summed E-state index contributed by atoms with van der Waals surface area (Å²) in [5.41, 5.74) is 2.41. The van der Waals surface area contributed by atoms with E-state index in [4.69, 9.17) is 4.74 Å². The first-order valence-electron chi connectivity index (χ1n) is 7.11. The molecule has 0 aliphatic rings. The first-order chi connectivity index (χ1) is 10.1. The maximum Gasteiger partial charge on any atom is 0.129 e. The van der Waals surface area contributed by atoms with Crippen molar-refractivity contribution in [3.63, 3.8) is 0 Å². The molecule has 3 nitrogen and oxygen atoms in total. The van der Waals surface area contributed by atoms with Gasteiger partial charge >= 0.3 is 0 Å². The molecule has 0 unspecified atom stereocenters. The van der Waals surface area contributed by atoms with E-state index in [1.807, 2.05) is 13.0 Å². The number of hydrogen-bond donors (Lipinski definition) is 1. The second-order valence-corrected chi connectivity index (χ2v) is 5.35. The van der Waals surface area contributed by atoms with Gasteiger partial charge in [0.15, 0.2) is 0 Å². The Morgan fingerprint density at radius 1 is 1.24 bits per heavy atom.